The van der Waals surface area contributed by atoms with Gasteiger partial charge in [0.15, 0.2) is 15.7 Å². The molecule has 1 heterocycles. The number of carboxylic acid groups (broad SMARTS) is 1. The maximum Gasteiger partial charge on any atom is 0.331 e. The lowest BCUT2D eigenvalue weighted by Crippen LogP contribution is -2.11. The third-order valence-electron chi connectivity index (χ3n) is 4.15. The van der Waals surface area contributed by atoms with E-state index in [-0.39, 0.29) is 17.9 Å². The molecule has 1 aromatic carbocycles. The number of aliphatic carboxylic acids is 1. The number of nitrogens with zero attached hydrogens (tertiary/aromatic N) is 2. The Labute approximate surface area is 141 Å². The van der Waals surface area contributed by atoms with Crippen LogP contribution < -0.4 is 0 Å². The molecule has 9 heteroatoms. The van der Waals surface area contributed by atoms with Crippen LogP contribution in [0.3, 0.4) is 0 Å². The van der Waals surface area contributed by atoms with Crippen molar-refractivity contribution in [3.8, 4) is 0 Å². The summed E-state index contributed by atoms with van der Waals surface area (Å²) in [6, 6.07) is 4.87. The van der Waals surface area contributed by atoms with E-state index in [1.54, 1.807) is 0 Å². The molecule has 0 radical (unpaired) electrons. The van der Waals surface area contributed by atoms with Gasteiger partial charge in [-0.1, -0.05) is 23.9 Å². The Kier molecular flexibility index (Phi) is 3.68. The molecular formula is C16H15F3N2O3S. The number of carboxylic acids is 1. The highest BCUT2D eigenvalue weighted by Crippen LogP contribution is 2.69. The first-order valence-corrected chi connectivity index (χ1v) is 9.19. The quantitative estimate of drug-likeness (QED) is 0.610. The third kappa shape index (κ3) is 3.37. The van der Waals surface area contributed by atoms with E-state index < -0.39 is 26.2 Å². The lowest BCUT2D eigenvalue weighted by molar-refractivity contribution is -0.132. The van der Waals surface area contributed by atoms with Crippen molar-refractivity contribution in [3.63, 3.8) is 0 Å². The maximum atomic E-state index is 13.3. The average Bonchev–Trinajstić information content (AvgIpc) is 3.19. The van der Waals surface area contributed by atoms with Crippen LogP contribution in [0.15, 0.2) is 45.8 Å². The second-order valence-electron chi connectivity index (χ2n) is 6.08. The average molecular weight is 372 g/mol. The predicted molar refractivity (Wildman–Crippen MR) is 87.5 cm³/mol. The van der Waals surface area contributed by atoms with Crippen LogP contribution in [0.1, 0.15) is 30.1 Å². The van der Waals surface area contributed by atoms with Crippen LogP contribution >= 0.6 is 9.91 Å². The molecule has 1 aliphatic rings. The summed E-state index contributed by atoms with van der Waals surface area (Å²) in [5, 5.41) is 12.7. The first kappa shape index (κ1) is 17.4. The number of aromatic nitrogens is 2. The van der Waals surface area contributed by atoms with E-state index in [1.807, 2.05) is 0 Å². The molecule has 1 N–H and O–H groups in total. The fourth-order valence-electron chi connectivity index (χ4n) is 2.57. The molecule has 25 heavy (non-hydrogen) atoms. The van der Waals surface area contributed by atoms with Crippen LogP contribution in [0.2, 0.25) is 0 Å². The Hall–Kier alpha value is -2.42. The summed E-state index contributed by atoms with van der Waals surface area (Å²) in [5.74, 6) is 1.70. The molecule has 5 nitrogen and oxygen atoms in total. The molecule has 0 amide bonds. The summed E-state index contributed by atoms with van der Waals surface area (Å²) < 4.78 is 45.1. The van der Waals surface area contributed by atoms with E-state index >= 15 is 0 Å². The summed E-state index contributed by atoms with van der Waals surface area (Å²) in [4.78, 5) is 14.3. The minimum absolute atomic E-state index is 0.0841. The zero-order valence-corrected chi connectivity index (χ0v) is 13.9. The molecule has 0 unspecified atom stereocenters. The Balaban J connectivity index is 1.86. The van der Waals surface area contributed by atoms with E-state index in [9.17, 15) is 16.5 Å². The van der Waals surface area contributed by atoms with Gasteiger partial charge in [0.1, 0.15) is 0 Å². The van der Waals surface area contributed by atoms with Crippen molar-refractivity contribution in [3.05, 3.63) is 53.7 Å². The Bertz CT molecular complexity index is 915. The van der Waals surface area contributed by atoms with Crippen LogP contribution in [-0.2, 0) is 16.6 Å². The number of carbonyl (C=O) groups is 1. The van der Waals surface area contributed by atoms with Gasteiger partial charge in [0.2, 0.25) is 5.89 Å². The van der Waals surface area contributed by atoms with Crippen molar-refractivity contribution < 1.29 is 26.1 Å². The third-order valence-corrected chi connectivity index (χ3v) is 5.29. The molecule has 134 valence electrons. The van der Waals surface area contributed by atoms with E-state index in [1.165, 1.54) is 12.1 Å². The van der Waals surface area contributed by atoms with Crippen LogP contribution in [0, 0.1) is 0 Å². The Morgan fingerprint density at radius 2 is 1.88 bits per heavy atom. The smallest absolute Gasteiger partial charge is 0.331 e. The summed E-state index contributed by atoms with van der Waals surface area (Å²) in [7, 11) is -6.28. The van der Waals surface area contributed by atoms with Crippen molar-refractivity contribution in [2.45, 2.75) is 29.6 Å². The zero-order chi connectivity index (χ0) is 18.5. The Morgan fingerprint density at radius 1 is 1.28 bits per heavy atom. The van der Waals surface area contributed by atoms with Crippen molar-refractivity contribution in [2.24, 2.45) is 0 Å². The van der Waals surface area contributed by atoms with Crippen LogP contribution in [0.5, 0.6) is 0 Å². The van der Waals surface area contributed by atoms with Gasteiger partial charge in [-0.25, -0.2) is 4.79 Å². The molecule has 0 atom stereocenters. The van der Waals surface area contributed by atoms with Gasteiger partial charge in [-0.15, -0.1) is 11.7 Å². The Morgan fingerprint density at radius 3 is 2.36 bits per heavy atom. The van der Waals surface area contributed by atoms with Gasteiger partial charge in [-0.2, -0.15) is 4.98 Å². The van der Waals surface area contributed by atoms with Crippen molar-refractivity contribution in [2.75, 3.05) is 0 Å². The highest BCUT2D eigenvalue weighted by molar-refractivity contribution is 8.34. The molecule has 0 aliphatic heterocycles. The van der Waals surface area contributed by atoms with E-state index in [2.05, 4.69) is 22.6 Å². The number of hydrogen-bond acceptors (Lipinski definition) is 4. The first-order valence-electron chi connectivity index (χ1n) is 7.28. The normalized spacial score (nSPS) is 17.5. The van der Waals surface area contributed by atoms with E-state index in [0.717, 1.165) is 12.1 Å². The van der Waals surface area contributed by atoms with Crippen LogP contribution in [0.25, 0.3) is 0 Å². The zero-order valence-electron chi connectivity index (χ0n) is 13.0. The number of halogens is 3. The molecule has 0 bridgehead atoms. The van der Waals surface area contributed by atoms with Crippen LogP contribution in [-0.4, -0.2) is 27.1 Å². The maximum absolute atomic E-state index is 13.3. The summed E-state index contributed by atoms with van der Waals surface area (Å²) in [6.45, 7) is 3.40. The highest BCUT2D eigenvalue weighted by atomic mass is 32.4. The second-order valence-corrected chi connectivity index (χ2v) is 8.31. The van der Waals surface area contributed by atoms with Gasteiger partial charge in [0.25, 0.3) is 0 Å². The summed E-state index contributed by atoms with van der Waals surface area (Å²) in [5.41, 5.74) is -0.000436. The van der Waals surface area contributed by atoms with Crippen molar-refractivity contribution in [1.29, 1.82) is 0 Å². The number of benzene rings is 1. The molecule has 3 rings (SSSR count). The molecule has 2 aromatic rings. The largest absolute Gasteiger partial charge is 0.478 e. The highest BCUT2D eigenvalue weighted by Gasteiger charge is 2.50. The van der Waals surface area contributed by atoms with Crippen LogP contribution in [0.4, 0.5) is 11.7 Å². The number of hydrogen-bond donors (Lipinski definition) is 1. The first-order chi connectivity index (χ1) is 11.5. The molecule has 0 saturated heterocycles. The molecule has 1 fully saturated rings. The monoisotopic (exact) mass is 372 g/mol. The fourth-order valence-corrected chi connectivity index (χ4v) is 3.21. The van der Waals surface area contributed by atoms with E-state index in [0.29, 0.717) is 24.2 Å². The van der Waals surface area contributed by atoms with E-state index in [4.69, 9.17) is 9.63 Å². The van der Waals surface area contributed by atoms with Gasteiger partial charge in [-0.05, 0) is 36.4 Å². The molecule has 1 saturated carbocycles. The standard InChI is InChI=1S/C16H15F3N2O3S/c1-10(14(22)23)9-13-20-15(21-24-13)16(7-8-16)11-3-5-12(6-4-11)25(2,17,18)19/h3-6H,1-2,7-9H2,(H,22,23). The van der Waals surface area contributed by atoms with Gasteiger partial charge in [0, 0.05) is 5.57 Å². The lowest BCUT2D eigenvalue weighted by Gasteiger charge is -2.21. The molecule has 0 spiro atoms. The summed E-state index contributed by atoms with van der Waals surface area (Å²) >= 11 is 0. The van der Waals surface area contributed by atoms with Gasteiger partial charge < -0.3 is 9.63 Å². The van der Waals surface area contributed by atoms with Crippen molar-refractivity contribution >= 4 is 21.7 Å². The minimum Gasteiger partial charge on any atom is -0.478 e. The molecule has 1 aromatic heterocycles. The topological polar surface area (TPSA) is 76.2 Å². The fraction of sp³-hybridized carbons (Fsp3) is 0.250. The van der Waals surface area contributed by atoms with Gasteiger partial charge in [-0.3, -0.25) is 0 Å². The predicted octanol–water partition coefficient (Wildman–Crippen LogP) is 4.12. The lowest BCUT2D eigenvalue weighted by atomic mass is 9.95. The molecular weight excluding hydrogens is 357 g/mol. The molecule has 1 aliphatic carbocycles. The van der Waals surface area contributed by atoms with Crippen molar-refractivity contribution in [1.82, 2.24) is 10.1 Å². The van der Waals surface area contributed by atoms with Gasteiger partial charge >= 0.3 is 5.97 Å². The summed E-state index contributed by atoms with van der Waals surface area (Å²) in [6.07, 6.45) is 1.27. The second kappa shape index (κ2) is 5.29. The minimum atomic E-state index is -6.28. The van der Waals surface area contributed by atoms with Gasteiger partial charge in [0.05, 0.1) is 16.7 Å². The SMILES string of the molecule is C=C(Cc1nc(C2(c3ccc(S(=C)(F)(F)F)cc3)CC2)no1)C(=O)O. The number of rotatable bonds is 6.